The molecule has 0 N–H and O–H groups in total. The molecule has 0 aliphatic heterocycles. The van der Waals surface area contributed by atoms with Crippen LogP contribution in [0.4, 0.5) is 0 Å². The van der Waals surface area contributed by atoms with Crippen molar-refractivity contribution >= 4 is 65.0 Å². The lowest BCUT2D eigenvalue weighted by Gasteiger charge is -2.13. The van der Waals surface area contributed by atoms with Crippen molar-refractivity contribution in [2.24, 2.45) is 0 Å². The van der Waals surface area contributed by atoms with Gasteiger partial charge in [0.05, 0.1) is 22.2 Å². The number of hydrogen-bond acceptors (Lipinski definition) is 2. The minimum Gasteiger partial charge on any atom is -0.278 e. The monoisotopic (exact) mass is 597 g/mol. The third kappa shape index (κ3) is 3.87. The van der Waals surface area contributed by atoms with Crippen LogP contribution >= 0.6 is 0 Å². The molecule has 0 unspecified atom stereocenters. The molecule has 47 heavy (non-hydrogen) atoms. The fourth-order valence-electron chi connectivity index (χ4n) is 7.50. The summed E-state index contributed by atoms with van der Waals surface area (Å²) in [6.07, 6.45) is 0. The third-order valence-corrected chi connectivity index (χ3v) is 9.60. The van der Waals surface area contributed by atoms with Gasteiger partial charge in [-0.1, -0.05) is 146 Å². The predicted octanol–water partition coefficient (Wildman–Crippen LogP) is 11.5. The molecule has 0 aliphatic rings. The highest BCUT2D eigenvalue weighted by molar-refractivity contribution is 6.35. The van der Waals surface area contributed by atoms with Crippen LogP contribution in [-0.2, 0) is 0 Å². The van der Waals surface area contributed by atoms with Crippen molar-refractivity contribution in [3.63, 3.8) is 0 Å². The van der Waals surface area contributed by atoms with Crippen LogP contribution in [-0.4, -0.2) is 14.5 Å². The molecule has 3 heteroatoms. The zero-order chi connectivity index (χ0) is 30.9. The van der Waals surface area contributed by atoms with E-state index in [2.05, 4.69) is 168 Å². The molecule has 2 aromatic heterocycles. The maximum absolute atomic E-state index is 5.36. The van der Waals surface area contributed by atoms with E-state index < -0.39 is 0 Å². The SMILES string of the molecule is c1ccc(-c2ccc(-c3nc(-n4c5ccccc5c5c6c7ccccc7c7ccccc7c6ccc54)nc4ccccc34)cc2)cc1. The van der Waals surface area contributed by atoms with Crippen molar-refractivity contribution < 1.29 is 0 Å². The summed E-state index contributed by atoms with van der Waals surface area (Å²) in [7, 11) is 0. The van der Waals surface area contributed by atoms with E-state index in [1.54, 1.807) is 0 Å². The van der Waals surface area contributed by atoms with E-state index in [0.29, 0.717) is 5.95 Å². The molecule has 0 amide bonds. The lowest BCUT2D eigenvalue weighted by atomic mass is 9.92. The fraction of sp³-hybridized carbons (Fsp3) is 0. The zero-order valence-corrected chi connectivity index (χ0v) is 25.4. The first kappa shape index (κ1) is 26.0. The summed E-state index contributed by atoms with van der Waals surface area (Å²) in [5.74, 6) is 0.668. The van der Waals surface area contributed by atoms with E-state index >= 15 is 0 Å². The van der Waals surface area contributed by atoms with Crippen LogP contribution in [0.2, 0.25) is 0 Å². The maximum atomic E-state index is 5.36. The van der Waals surface area contributed by atoms with Gasteiger partial charge in [0.2, 0.25) is 5.95 Å². The quantitative estimate of drug-likeness (QED) is 0.190. The molecule has 0 fully saturated rings. The number of fused-ring (bicyclic) bond motifs is 11. The van der Waals surface area contributed by atoms with Crippen molar-refractivity contribution in [2.45, 2.75) is 0 Å². The van der Waals surface area contributed by atoms with Gasteiger partial charge in [0, 0.05) is 27.1 Å². The van der Waals surface area contributed by atoms with Crippen LogP contribution in [0, 0.1) is 0 Å². The maximum Gasteiger partial charge on any atom is 0.235 e. The van der Waals surface area contributed by atoms with Crippen molar-refractivity contribution in [3.05, 3.63) is 164 Å². The summed E-state index contributed by atoms with van der Waals surface area (Å²) in [5, 5.41) is 11.0. The van der Waals surface area contributed by atoms with Gasteiger partial charge in [-0.3, -0.25) is 4.57 Å². The predicted molar refractivity (Wildman–Crippen MR) is 197 cm³/mol. The van der Waals surface area contributed by atoms with Crippen LogP contribution < -0.4 is 0 Å². The minimum atomic E-state index is 0.668. The Morgan fingerprint density at radius 1 is 0.319 bits per heavy atom. The summed E-state index contributed by atoms with van der Waals surface area (Å²) in [6, 6.07) is 58.3. The van der Waals surface area contributed by atoms with Crippen molar-refractivity contribution in [1.82, 2.24) is 14.5 Å². The van der Waals surface area contributed by atoms with E-state index in [4.69, 9.17) is 9.97 Å². The Labute approximate surface area is 271 Å². The van der Waals surface area contributed by atoms with E-state index in [-0.39, 0.29) is 0 Å². The van der Waals surface area contributed by atoms with Gasteiger partial charge >= 0.3 is 0 Å². The highest BCUT2D eigenvalue weighted by atomic mass is 15.2. The number of aromatic nitrogens is 3. The Hall–Kier alpha value is -6.32. The van der Waals surface area contributed by atoms with E-state index in [0.717, 1.165) is 33.2 Å². The molecule has 3 nitrogen and oxygen atoms in total. The first-order chi connectivity index (χ1) is 23.3. The Kier molecular flexibility index (Phi) is 5.57. The van der Waals surface area contributed by atoms with Gasteiger partial charge in [0.1, 0.15) is 0 Å². The van der Waals surface area contributed by atoms with Crippen LogP contribution in [0.1, 0.15) is 0 Å². The topological polar surface area (TPSA) is 30.7 Å². The summed E-state index contributed by atoms with van der Waals surface area (Å²) < 4.78 is 2.25. The largest absolute Gasteiger partial charge is 0.278 e. The van der Waals surface area contributed by atoms with E-state index in [9.17, 15) is 0 Å². The number of hydrogen-bond donors (Lipinski definition) is 0. The Balaban J connectivity index is 1.29. The van der Waals surface area contributed by atoms with Crippen LogP contribution in [0.5, 0.6) is 0 Å². The van der Waals surface area contributed by atoms with Gasteiger partial charge in [-0.15, -0.1) is 0 Å². The highest BCUT2D eigenvalue weighted by Crippen LogP contribution is 2.43. The number of para-hydroxylation sites is 2. The number of nitrogens with zero attached hydrogens (tertiary/aromatic N) is 3. The zero-order valence-electron chi connectivity index (χ0n) is 25.4. The number of benzene rings is 8. The molecule has 10 rings (SSSR count). The average Bonchev–Trinajstić information content (AvgIpc) is 3.49. The van der Waals surface area contributed by atoms with E-state index in [1.165, 1.54) is 54.2 Å². The first-order valence-corrected chi connectivity index (χ1v) is 16.0. The standard InChI is InChI=1S/C44H27N3/c1-2-12-28(13-3-1)29-22-24-30(25-23-29)43-36-18-8-10-20-38(36)45-44(46-43)47-39-21-11-9-19-37(39)42-40(47)27-26-35-33-16-5-4-14-31(33)32-15-6-7-17-34(32)41(35)42/h1-27H. The second kappa shape index (κ2) is 10.1. The van der Waals surface area contributed by atoms with Gasteiger partial charge in [0.25, 0.3) is 0 Å². The Morgan fingerprint density at radius 2 is 0.851 bits per heavy atom. The average molecular weight is 598 g/mol. The van der Waals surface area contributed by atoms with Crippen molar-refractivity contribution in [3.8, 4) is 28.3 Å². The van der Waals surface area contributed by atoms with Crippen LogP contribution in [0.25, 0.3) is 93.4 Å². The summed E-state index contributed by atoms with van der Waals surface area (Å²) in [4.78, 5) is 10.6. The Morgan fingerprint density at radius 3 is 1.60 bits per heavy atom. The first-order valence-electron chi connectivity index (χ1n) is 16.0. The lowest BCUT2D eigenvalue weighted by Crippen LogP contribution is -2.03. The summed E-state index contributed by atoms with van der Waals surface area (Å²) in [6.45, 7) is 0. The summed E-state index contributed by atoms with van der Waals surface area (Å²) in [5.41, 5.74) is 7.48. The van der Waals surface area contributed by atoms with E-state index in [1.807, 2.05) is 0 Å². The second-order valence-corrected chi connectivity index (χ2v) is 12.2. The summed E-state index contributed by atoms with van der Waals surface area (Å²) >= 11 is 0. The molecule has 0 atom stereocenters. The second-order valence-electron chi connectivity index (χ2n) is 12.2. The molecular formula is C44H27N3. The van der Waals surface area contributed by atoms with Crippen molar-refractivity contribution in [2.75, 3.05) is 0 Å². The normalized spacial score (nSPS) is 11.8. The molecule has 0 saturated carbocycles. The molecular weight excluding hydrogens is 571 g/mol. The molecule has 0 aliphatic carbocycles. The van der Waals surface area contributed by atoms with Gasteiger partial charge in [0.15, 0.2) is 0 Å². The fourth-order valence-corrected chi connectivity index (χ4v) is 7.50. The molecule has 218 valence electrons. The molecule has 2 heterocycles. The smallest absolute Gasteiger partial charge is 0.235 e. The molecule has 0 saturated heterocycles. The van der Waals surface area contributed by atoms with Crippen LogP contribution in [0.15, 0.2) is 164 Å². The van der Waals surface area contributed by atoms with Crippen molar-refractivity contribution in [1.29, 1.82) is 0 Å². The van der Waals surface area contributed by atoms with Gasteiger partial charge in [-0.2, -0.15) is 0 Å². The van der Waals surface area contributed by atoms with Gasteiger partial charge < -0.3 is 0 Å². The molecule has 0 radical (unpaired) electrons. The highest BCUT2D eigenvalue weighted by Gasteiger charge is 2.20. The third-order valence-electron chi connectivity index (χ3n) is 9.60. The molecule has 0 bridgehead atoms. The van der Waals surface area contributed by atoms with Crippen LogP contribution in [0.3, 0.4) is 0 Å². The molecule has 0 spiro atoms. The number of rotatable bonds is 3. The van der Waals surface area contributed by atoms with Gasteiger partial charge in [-0.05, 0) is 56.3 Å². The minimum absolute atomic E-state index is 0.668. The molecule has 10 aromatic rings. The van der Waals surface area contributed by atoms with Gasteiger partial charge in [-0.25, -0.2) is 9.97 Å². The lowest BCUT2D eigenvalue weighted by molar-refractivity contribution is 1.01. The Bertz CT molecular complexity index is 2790. The molecule has 8 aromatic carbocycles.